The normalized spacial score (nSPS) is 13.0. The largest absolute Gasteiger partial charge is 0.326 e. The van der Waals surface area contributed by atoms with Gasteiger partial charge in [0.2, 0.25) is 10.0 Å². The quantitative estimate of drug-likeness (QED) is 0.926. The number of hydrogen-bond acceptors (Lipinski definition) is 3. The molecule has 0 heterocycles. The summed E-state index contributed by atoms with van der Waals surface area (Å²) in [7, 11) is -2.75. The molecule has 0 radical (unpaired) electrons. The van der Waals surface area contributed by atoms with E-state index in [1.807, 2.05) is 20.8 Å². The number of benzene rings is 1. The van der Waals surface area contributed by atoms with Crippen molar-refractivity contribution in [3.05, 3.63) is 29.3 Å². The van der Waals surface area contributed by atoms with Gasteiger partial charge in [-0.05, 0) is 23.1 Å². The standard InChI is InChI=1S/C13H20F2N2O2S/c1-13(2,3)8-17(4)20(18,19)11-6-9(7-16)5-10(14)12(11)15/h5-6H,7-8,16H2,1-4H3. The van der Waals surface area contributed by atoms with Crippen LogP contribution in [0.3, 0.4) is 0 Å². The van der Waals surface area contributed by atoms with E-state index in [1.54, 1.807) is 0 Å². The molecule has 0 spiro atoms. The van der Waals surface area contributed by atoms with Gasteiger partial charge in [0.1, 0.15) is 4.90 Å². The maximum atomic E-state index is 13.8. The molecule has 0 fully saturated rings. The average Bonchev–Trinajstić information content (AvgIpc) is 2.29. The highest BCUT2D eigenvalue weighted by Crippen LogP contribution is 2.25. The summed E-state index contributed by atoms with van der Waals surface area (Å²) < 4.78 is 52.9. The van der Waals surface area contributed by atoms with Crippen LogP contribution in [0.5, 0.6) is 0 Å². The smallest absolute Gasteiger partial charge is 0.245 e. The van der Waals surface area contributed by atoms with Crippen molar-refractivity contribution in [1.82, 2.24) is 4.31 Å². The SMILES string of the molecule is CN(CC(C)(C)C)S(=O)(=O)c1cc(CN)cc(F)c1F. The number of rotatable bonds is 4. The van der Waals surface area contributed by atoms with Gasteiger partial charge >= 0.3 is 0 Å². The maximum Gasteiger partial charge on any atom is 0.245 e. The molecular weight excluding hydrogens is 286 g/mol. The molecule has 114 valence electrons. The monoisotopic (exact) mass is 306 g/mol. The van der Waals surface area contributed by atoms with Gasteiger partial charge in [0.05, 0.1) is 0 Å². The minimum Gasteiger partial charge on any atom is -0.326 e. The molecule has 1 aromatic rings. The van der Waals surface area contributed by atoms with Crippen molar-refractivity contribution in [1.29, 1.82) is 0 Å². The van der Waals surface area contributed by atoms with E-state index in [2.05, 4.69) is 0 Å². The first-order chi connectivity index (χ1) is 8.99. The van der Waals surface area contributed by atoms with Crippen LogP contribution in [0.4, 0.5) is 8.78 Å². The third-order valence-electron chi connectivity index (χ3n) is 2.68. The molecule has 0 saturated carbocycles. The second kappa shape index (κ2) is 5.75. The van der Waals surface area contributed by atoms with Crippen molar-refractivity contribution in [3.8, 4) is 0 Å². The van der Waals surface area contributed by atoms with Crippen molar-refractivity contribution in [3.63, 3.8) is 0 Å². The van der Waals surface area contributed by atoms with Gasteiger partial charge in [0.25, 0.3) is 0 Å². The molecule has 1 rings (SSSR count). The van der Waals surface area contributed by atoms with E-state index >= 15 is 0 Å². The topological polar surface area (TPSA) is 63.4 Å². The molecule has 20 heavy (non-hydrogen) atoms. The molecule has 2 N–H and O–H groups in total. The van der Waals surface area contributed by atoms with Crippen LogP contribution in [-0.4, -0.2) is 26.3 Å². The first-order valence-corrected chi connectivity index (χ1v) is 7.57. The van der Waals surface area contributed by atoms with Crippen LogP contribution < -0.4 is 5.73 Å². The van der Waals surface area contributed by atoms with Gasteiger partial charge in [-0.15, -0.1) is 0 Å². The fourth-order valence-corrected chi connectivity index (χ4v) is 3.36. The highest BCUT2D eigenvalue weighted by molar-refractivity contribution is 7.89. The van der Waals surface area contributed by atoms with E-state index in [1.165, 1.54) is 7.05 Å². The average molecular weight is 306 g/mol. The lowest BCUT2D eigenvalue weighted by Crippen LogP contribution is -2.35. The molecule has 0 aliphatic carbocycles. The van der Waals surface area contributed by atoms with E-state index in [0.29, 0.717) is 0 Å². The first kappa shape index (κ1) is 17.0. The molecule has 7 heteroatoms. The van der Waals surface area contributed by atoms with Crippen molar-refractivity contribution < 1.29 is 17.2 Å². The Morgan fingerprint density at radius 1 is 1.25 bits per heavy atom. The second-order valence-corrected chi connectivity index (χ2v) is 7.93. The molecule has 1 aromatic carbocycles. The van der Waals surface area contributed by atoms with Crippen LogP contribution in [-0.2, 0) is 16.6 Å². The number of sulfonamides is 1. The lowest BCUT2D eigenvalue weighted by atomic mass is 9.97. The Kier molecular flexibility index (Phi) is 4.89. The van der Waals surface area contributed by atoms with E-state index < -0.39 is 26.6 Å². The summed E-state index contributed by atoms with van der Waals surface area (Å²) in [4.78, 5) is -0.676. The number of nitrogens with two attached hydrogens (primary N) is 1. The third-order valence-corrected chi connectivity index (χ3v) is 4.48. The predicted molar refractivity (Wildman–Crippen MR) is 73.5 cm³/mol. The number of nitrogens with zero attached hydrogens (tertiary/aromatic N) is 1. The summed E-state index contributed by atoms with van der Waals surface area (Å²) in [5.41, 5.74) is 5.29. The van der Waals surface area contributed by atoms with Crippen LogP contribution >= 0.6 is 0 Å². The van der Waals surface area contributed by atoms with Gasteiger partial charge < -0.3 is 5.73 Å². The summed E-state index contributed by atoms with van der Waals surface area (Å²) in [5, 5.41) is 0. The van der Waals surface area contributed by atoms with Gasteiger partial charge in [-0.3, -0.25) is 0 Å². The molecule has 4 nitrogen and oxygen atoms in total. The van der Waals surface area contributed by atoms with E-state index in [4.69, 9.17) is 5.73 Å². The van der Waals surface area contributed by atoms with Crippen molar-refractivity contribution in [2.45, 2.75) is 32.2 Å². The zero-order chi connectivity index (χ0) is 15.7. The van der Waals surface area contributed by atoms with Crippen LogP contribution in [0.1, 0.15) is 26.3 Å². The van der Waals surface area contributed by atoms with Crippen LogP contribution in [0.2, 0.25) is 0 Å². The number of halogens is 2. The fourth-order valence-electron chi connectivity index (χ4n) is 1.84. The third kappa shape index (κ3) is 3.74. The number of hydrogen-bond donors (Lipinski definition) is 1. The molecule has 0 unspecified atom stereocenters. The lowest BCUT2D eigenvalue weighted by Gasteiger charge is -2.26. The summed E-state index contributed by atoms with van der Waals surface area (Å²) in [6.07, 6.45) is 0. The summed E-state index contributed by atoms with van der Waals surface area (Å²) >= 11 is 0. The molecule has 0 amide bonds. The fraction of sp³-hybridized carbons (Fsp3) is 0.538. The zero-order valence-corrected chi connectivity index (χ0v) is 12.9. The summed E-state index contributed by atoms with van der Waals surface area (Å²) in [6, 6.07) is 1.98. The summed E-state index contributed by atoms with van der Waals surface area (Å²) in [6.45, 7) is 5.68. The van der Waals surface area contributed by atoms with E-state index in [0.717, 1.165) is 16.4 Å². The van der Waals surface area contributed by atoms with E-state index in [9.17, 15) is 17.2 Å². The van der Waals surface area contributed by atoms with Crippen LogP contribution in [0.15, 0.2) is 17.0 Å². The zero-order valence-electron chi connectivity index (χ0n) is 12.1. The van der Waals surface area contributed by atoms with Gasteiger partial charge in [-0.1, -0.05) is 20.8 Å². The van der Waals surface area contributed by atoms with Crippen LogP contribution in [0.25, 0.3) is 0 Å². The molecule has 0 atom stereocenters. The Morgan fingerprint density at radius 3 is 2.25 bits per heavy atom. The van der Waals surface area contributed by atoms with Crippen molar-refractivity contribution in [2.24, 2.45) is 11.1 Å². The molecule has 0 aromatic heterocycles. The molecule has 0 bridgehead atoms. The lowest BCUT2D eigenvalue weighted by molar-refractivity contribution is 0.309. The Bertz CT molecular complexity index is 595. The Balaban J connectivity index is 3.32. The highest BCUT2D eigenvalue weighted by atomic mass is 32.2. The second-order valence-electron chi connectivity index (χ2n) is 5.92. The molecule has 0 aliphatic rings. The Labute approximate surface area is 118 Å². The minimum absolute atomic E-state index is 0.0668. The highest BCUT2D eigenvalue weighted by Gasteiger charge is 2.29. The van der Waals surface area contributed by atoms with Gasteiger partial charge in [-0.25, -0.2) is 21.5 Å². The van der Waals surface area contributed by atoms with Crippen molar-refractivity contribution >= 4 is 10.0 Å². The van der Waals surface area contributed by atoms with Crippen LogP contribution in [0, 0.1) is 17.0 Å². The van der Waals surface area contributed by atoms with E-state index in [-0.39, 0.29) is 24.1 Å². The van der Waals surface area contributed by atoms with Gasteiger partial charge in [0.15, 0.2) is 11.6 Å². The summed E-state index contributed by atoms with van der Waals surface area (Å²) in [5.74, 6) is -2.58. The van der Waals surface area contributed by atoms with Gasteiger partial charge in [-0.2, -0.15) is 0 Å². The molecule has 0 saturated heterocycles. The first-order valence-electron chi connectivity index (χ1n) is 6.13. The maximum absolute atomic E-state index is 13.8. The molecular formula is C13H20F2N2O2S. The van der Waals surface area contributed by atoms with Gasteiger partial charge in [0, 0.05) is 20.1 Å². The minimum atomic E-state index is -4.10. The predicted octanol–water partition coefficient (Wildman–Crippen LogP) is 2.09. The van der Waals surface area contributed by atoms with Crippen molar-refractivity contribution in [2.75, 3.05) is 13.6 Å². The Hall–Kier alpha value is -1.05. The Morgan fingerprint density at radius 2 is 1.80 bits per heavy atom. The molecule has 0 aliphatic heterocycles.